The Morgan fingerprint density at radius 1 is 1.50 bits per heavy atom. The number of primary amides is 1. The van der Waals surface area contributed by atoms with Crippen molar-refractivity contribution in [3.63, 3.8) is 0 Å². The molecule has 0 bridgehead atoms. The molecule has 0 radical (unpaired) electrons. The van der Waals surface area contributed by atoms with Crippen LogP contribution in [0.3, 0.4) is 0 Å². The first-order valence-corrected chi connectivity index (χ1v) is 4.21. The van der Waals surface area contributed by atoms with E-state index in [2.05, 4.69) is 0 Å². The molecule has 1 amide bonds. The molecule has 0 heterocycles. The molecule has 0 aliphatic carbocycles. The number of hydrogen-bond donors (Lipinski definition) is 2. The van der Waals surface area contributed by atoms with E-state index in [9.17, 15) is 4.79 Å². The average Bonchev–Trinajstić information content (AvgIpc) is 1.96. The third-order valence-electron chi connectivity index (χ3n) is 1.76. The van der Waals surface area contributed by atoms with E-state index in [0.717, 1.165) is 0 Å². The second kappa shape index (κ2) is 5.97. The minimum atomic E-state index is -0.293. The summed E-state index contributed by atoms with van der Waals surface area (Å²) < 4.78 is 0. The summed E-state index contributed by atoms with van der Waals surface area (Å²) >= 11 is 0. The fraction of sp³-hybridized carbons (Fsp3) is 0.875. The Kier molecular flexibility index (Phi) is 5.66. The van der Waals surface area contributed by atoms with Gasteiger partial charge in [0.25, 0.3) is 0 Å². The molecule has 0 saturated heterocycles. The van der Waals surface area contributed by atoms with Gasteiger partial charge in [0.05, 0.1) is 6.61 Å². The van der Waals surface area contributed by atoms with Crippen LogP contribution in [0, 0.1) is 0 Å². The van der Waals surface area contributed by atoms with E-state index in [1.54, 1.807) is 0 Å². The van der Waals surface area contributed by atoms with Crippen LogP contribution in [0.25, 0.3) is 0 Å². The van der Waals surface area contributed by atoms with Gasteiger partial charge < -0.3 is 10.8 Å². The van der Waals surface area contributed by atoms with Gasteiger partial charge in [0, 0.05) is 25.6 Å². The molecule has 72 valence electrons. The van der Waals surface area contributed by atoms with Crippen molar-refractivity contribution >= 4 is 5.91 Å². The number of hydrogen-bond acceptors (Lipinski definition) is 3. The summed E-state index contributed by atoms with van der Waals surface area (Å²) in [6.45, 7) is 5.41. The highest BCUT2D eigenvalue weighted by Gasteiger charge is 2.08. The number of aliphatic hydroxyl groups excluding tert-OH is 1. The molecule has 0 saturated carbocycles. The van der Waals surface area contributed by atoms with Gasteiger partial charge in [0.1, 0.15) is 0 Å². The van der Waals surface area contributed by atoms with Gasteiger partial charge in [-0.25, -0.2) is 0 Å². The molecule has 0 aromatic carbocycles. The van der Waals surface area contributed by atoms with Crippen LogP contribution >= 0.6 is 0 Å². The molecule has 0 unspecified atom stereocenters. The predicted molar refractivity (Wildman–Crippen MR) is 47.6 cm³/mol. The number of nitrogens with zero attached hydrogens (tertiary/aromatic N) is 1. The Bertz CT molecular complexity index is 137. The number of amides is 1. The van der Waals surface area contributed by atoms with Gasteiger partial charge in [-0.3, -0.25) is 9.69 Å². The highest BCUT2D eigenvalue weighted by atomic mass is 16.3. The first-order chi connectivity index (χ1) is 5.57. The lowest BCUT2D eigenvalue weighted by Crippen LogP contribution is -2.36. The van der Waals surface area contributed by atoms with Crippen LogP contribution in [0.2, 0.25) is 0 Å². The Morgan fingerprint density at radius 2 is 2.08 bits per heavy atom. The van der Waals surface area contributed by atoms with Gasteiger partial charge >= 0.3 is 0 Å². The van der Waals surface area contributed by atoms with Crippen molar-refractivity contribution in [3.8, 4) is 0 Å². The van der Waals surface area contributed by atoms with Crippen molar-refractivity contribution < 1.29 is 9.90 Å². The Labute approximate surface area is 73.3 Å². The summed E-state index contributed by atoms with van der Waals surface area (Å²) in [4.78, 5) is 12.5. The molecule has 4 heteroatoms. The fourth-order valence-electron chi connectivity index (χ4n) is 1.01. The predicted octanol–water partition coefficient (Wildman–Crippen LogP) is -0.435. The number of carbonyl (C=O) groups excluding carboxylic acids is 1. The number of rotatable bonds is 6. The van der Waals surface area contributed by atoms with Gasteiger partial charge in [0.15, 0.2) is 0 Å². The highest BCUT2D eigenvalue weighted by Crippen LogP contribution is 1.98. The minimum Gasteiger partial charge on any atom is -0.395 e. The van der Waals surface area contributed by atoms with Crippen LogP contribution in [0.5, 0.6) is 0 Å². The average molecular weight is 174 g/mol. The van der Waals surface area contributed by atoms with E-state index in [1.807, 2.05) is 18.7 Å². The van der Waals surface area contributed by atoms with Gasteiger partial charge in [-0.15, -0.1) is 0 Å². The largest absolute Gasteiger partial charge is 0.395 e. The smallest absolute Gasteiger partial charge is 0.218 e. The van der Waals surface area contributed by atoms with Crippen molar-refractivity contribution in [1.82, 2.24) is 4.90 Å². The summed E-state index contributed by atoms with van der Waals surface area (Å²) in [6.07, 6.45) is 0.359. The second-order valence-corrected chi connectivity index (χ2v) is 3.07. The Hall–Kier alpha value is -0.610. The van der Waals surface area contributed by atoms with E-state index < -0.39 is 0 Å². The number of aliphatic hydroxyl groups is 1. The van der Waals surface area contributed by atoms with E-state index in [-0.39, 0.29) is 12.5 Å². The molecular weight excluding hydrogens is 156 g/mol. The monoisotopic (exact) mass is 174 g/mol. The first kappa shape index (κ1) is 11.4. The zero-order chi connectivity index (χ0) is 9.56. The van der Waals surface area contributed by atoms with Crippen molar-refractivity contribution in [2.24, 2.45) is 5.73 Å². The molecule has 3 N–H and O–H groups in total. The molecule has 4 nitrogen and oxygen atoms in total. The normalized spacial score (nSPS) is 11.1. The van der Waals surface area contributed by atoms with Gasteiger partial charge in [-0.1, -0.05) is 0 Å². The van der Waals surface area contributed by atoms with Gasteiger partial charge in [-0.2, -0.15) is 0 Å². The molecule has 0 atom stereocenters. The Morgan fingerprint density at radius 3 is 2.42 bits per heavy atom. The molecule has 0 rings (SSSR count). The molecule has 0 fully saturated rings. The van der Waals surface area contributed by atoms with E-state index in [1.165, 1.54) is 0 Å². The van der Waals surface area contributed by atoms with Crippen molar-refractivity contribution in [3.05, 3.63) is 0 Å². The highest BCUT2D eigenvalue weighted by molar-refractivity contribution is 5.73. The van der Waals surface area contributed by atoms with Crippen molar-refractivity contribution in [2.75, 3.05) is 19.7 Å². The molecule has 0 aliphatic heterocycles. The van der Waals surface area contributed by atoms with Crippen LogP contribution in [0.15, 0.2) is 0 Å². The number of nitrogens with two attached hydrogens (primary N) is 1. The minimum absolute atomic E-state index is 0.122. The van der Waals surface area contributed by atoms with Crippen molar-refractivity contribution in [2.45, 2.75) is 26.3 Å². The lowest BCUT2D eigenvalue weighted by atomic mass is 10.3. The SMILES string of the molecule is CC(C)N(CCO)CCC(N)=O. The molecular formula is C8H18N2O2. The maximum absolute atomic E-state index is 10.5. The zero-order valence-electron chi connectivity index (χ0n) is 7.79. The van der Waals surface area contributed by atoms with E-state index in [4.69, 9.17) is 10.8 Å². The van der Waals surface area contributed by atoms with Crippen molar-refractivity contribution in [1.29, 1.82) is 0 Å². The van der Waals surface area contributed by atoms with Crippen LogP contribution in [-0.2, 0) is 4.79 Å². The summed E-state index contributed by atoms with van der Waals surface area (Å²) in [5.74, 6) is -0.293. The third kappa shape index (κ3) is 5.09. The zero-order valence-corrected chi connectivity index (χ0v) is 7.79. The van der Waals surface area contributed by atoms with Crippen LogP contribution in [0.4, 0.5) is 0 Å². The van der Waals surface area contributed by atoms with Gasteiger partial charge in [-0.05, 0) is 13.8 Å². The van der Waals surface area contributed by atoms with Crippen LogP contribution < -0.4 is 5.73 Å². The Balaban J connectivity index is 3.70. The van der Waals surface area contributed by atoms with E-state index >= 15 is 0 Å². The molecule has 12 heavy (non-hydrogen) atoms. The quantitative estimate of drug-likeness (QED) is 0.574. The molecule has 0 aromatic heterocycles. The summed E-state index contributed by atoms with van der Waals surface area (Å²) in [6, 6.07) is 0.344. The van der Waals surface area contributed by atoms with Crippen LogP contribution in [-0.4, -0.2) is 41.7 Å². The topological polar surface area (TPSA) is 66.6 Å². The lowest BCUT2D eigenvalue weighted by Gasteiger charge is -2.24. The van der Waals surface area contributed by atoms with Crippen LogP contribution in [0.1, 0.15) is 20.3 Å². The molecule has 0 aliphatic rings. The third-order valence-corrected chi connectivity index (χ3v) is 1.76. The standard InChI is InChI=1S/C8H18N2O2/c1-7(2)10(5-6-11)4-3-8(9)12/h7,11H,3-6H2,1-2H3,(H2,9,12). The maximum Gasteiger partial charge on any atom is 0.218 e. The fourth-order valence-corrected chi connectivity index (χ4v) is 1.01. The second-order valence-electron chi connectivity index (χ2n) is 3.07. The summed E-state index contributed by atoms with van der Waals surface area (Å²) in [7, 11) is 0. The number of carbonyl (C=O) groups is 1. The van der Waals surface area contributed by atoms with Gasteiger partial charge in [0.2, 0.25) is 5.91 Å². The summed E-state index contributed by atoms with van der Waals surface area (Å²) in [5, 5.41) is 8.69. The maximum atomic E-state index is 10.5. The first-order valence-electron chi connectivity index (χ1n) is 4.21. The summed E-state index contributed by atoms with van der Waals surface area (Å²) in [5.41, 5.74) is 5.01. The lowest BCUT2D eigenvalue weighted by molar-refractivity contribution is -0.118. The molecule has 0 aromatic rings. The van der Waals surface area contributed by atoms with E-state index in [0.29, 0.717) is 25.6 Å². The molecule has 0 spiro atoms.